The van der Waals surface area contributed by atoms with Gasteiger partial charge in [-0.2, -0.15) is 0 Å². The number of carboxylic acids is 1. The number of pyridine rings is 1. The molecule has 104 valence electrons. The lowest BCUT2D eigenvalue weighted by atomic mass is 9.77. The molecule has 0 radical (unpaired) electrons. The molecule has 2 heterocycles. The second-order valence-electron chi connectivity index (χ2n) is 5.02. The van der Waals surface area contributed by atoms with Crippen molar-refractivity contribution in [2.24, 2.45) is 0 Å². The number of rotatable bonds is 5. The monoisotopic (exact) mass is 273 g/mol. The lowest BCUT2D eigenvalue weighted by Gasteiger charge is -2.37. The Kier molecular flexibility index (Phi) is 3.17. The third kappa shape index (κ3) is 2.04. The summed E-state index contributed by atoms with van der Waals surface area (Å²) in [6.45, 7) is 0. The summed E-state index contributed by atoms with van der Waals surface area (Å²) in [5.41, 5.74) is 0.00296. The lowest BCUT2D eigenvalue weighted by Crippen LogP contribution is -2.49. The van der Waals surface area contributed by atoms with Crippen LogP contribution in [0, 0.1) is 0 Å². The Morgan fingerprint density at radius 3 is 2.80 bits per heavy atom. The van der Waals surface area contributed by atoms with Crippen molar-refractivity contribution in [3.8, 4) is 0 Å². The number of hydrogen-bond acceptors (Lipinski definition) is 5. The van der Waals surface area contributed by atoms with Gasteiger partial charge >= 0.3 is 5.97 Å². The van der Waals surface area contributed by atoms with Crippen molar-refractivity contribution in [1.29, 1.82) is 0 Å². The second kappa shape index (κ2) is 4.99. The summed E-state index contributed by atoms with van der Waals surface area (Å²) in [4.78, 5) is 15.7. The van der Waals surface area contributed by atoms with Crippen LogP contribution in [0.15, 0.2) is 24.4 Å². The zero-order chi connectivity index (χ0) is 14.0. The van der Waals surface area contributed by atoms with Crippen LogP contribution in [0.2, 0.25) is 0 Å². The topological polar surface area (TPSA) is 93.8 Å². The normalized spacial score (nSPS) is 16.6. The number of aryl methyl sites for hydroxylation is 2. The van der Waals surface area contributed by atoms with Crippen molar-refractivity contribution in [1.82, 2.24) is 25.2 Å². The van der Waals surface area contributed by atoms with Gasteiger partial charge < -0.3 is 5.11 Å². The minimum atomic E-state index is -0.942. The van der Waals surface area contributed by atoms with Crippen LogP contribution >= 0.6 is 0 Å². The minimum Gasteiger partial charge on any atom is -0.479 e. The van der Waals surface area contributed by atoms with Crippen LogP contribution in [0.4, 0.5) is 0 Å². The van der Waals surface area contributed by atoms with E-state index in [1.807, 2.05) is 18.2 Å². The maximum Gasteiger partial charge on any atom is 0.331 e. The number of hydrogen-bond donors (Lipinski definition) is 1. The molecule has 1 fully saturated rings. The maximum absolute atomic E-state index is 11.5. The fourth-order valence-corrected chi connectivity index (χ4v) is 2.51. The van der Waals surface area contributed by atoms with Gasteiger partial charge in [0, 0.05) is 18.3 Å². The molecule has 20 heavy (non-hydrogen) atoms. The average Bonchev–Trinajstić information content (AvgIpc) is 2.85. The zero-order valence-corrected chi connectivity index (χ0v) is 10.9. The van der Waals surface area contributed by atoms with Gasteiger partial charge in [0.05, 0.1) is 0 Å². The van der Waals surface area contributed by atoms with Gasteiger partial charge in [0.1, 0.15) is 0 Å². The zero-order valence-electron chi connectivity index (χ0n) is 10.9. The summed E-state index contributed by atoms with van der Waals surface area (Å²) in [6.07, 6.45) is 5.08. The molecule has 0 atom stereocenters. The van der Waals surface area contributed by atoms with Gasteiger partial charge in [-0.3, -0.25) is 4.98 Å². The molecule has 0 spiro atoms. The highest BCUT2D eigenvalue weighted by atomic mass is 16.4. The molecule has 1 saturated carbocycles. The number of carboxylic acid groups (broad SMARTS) is 1. The predicted molar refractivity (Wildman–Crippen MR) is 68.9 cm³/mol. The van der Waals surface area contributed by atoms with Gasteiger partial charge in [0.25, 0.3) is 0 Å². The Morgan fingerprint density at radius 1 is 1.35 bits per heavy atom. The average molecular weight is 273 g/mol. The van der Waals surface area contributed by atoms with E-state index in [4.69, 9.17) is 0 Å². The standard InChI is InChI=1S/C13H15N5O2/c19-12(20)13(7-3-8-13)18-11(15-16-17-18)6-5-10-4-1-2-9-14-10/h1-2,4,9H,3,5-8H2,(H,19,20). The van der Waals surface area contributed by atoms with Crippen molar-refractivity contribution < 1.29 is 9.90 Å². The van der Waals surface area contributed by atoms with Gasteiger partial charge in [-0.1, -0.05) is 6.07 Å². The van der Waals surface area contributed by atoms with Gasteiger partial charge in [0.15, 0.2) is 11.4 Å². The summed E-state index contributed by atoms with van der Waals surface area (Å²) in [5, 5.41) is 21.0. The van der Waals surface area contributed by atoms with Crippen molar-refractivity contribution in [2.75, 3.05) is 0 Å². The summed E-state index contributed by atoms with van der Waals surface area (Å²) in [6, 6.07) is 5.72. The van der Waals surface area contributed by atoms with E-state index >= 15 is 0 Å². The molecule has 7 heteroatoms. The Morgan fingerprint density at radius 2 is 2.20 bits per heavy atom. The summed E-state index contributed by atoms with van der Waals surface area (Å²) < 4.78 is 1.49. The van der Waals surface area contributed by atoms with Gasteiger partial charge in [-0.15, -0.1) is 5.10 Å². The highest BCUT2D eigenvalue weighted by Crippen LogP contribution is 2.39. The molecule has 0 aromatic carbocycles. The molecule has 3 rings (SSSR count). The van der Waals surface area contributed by atoms with Crippen LogP contribution in [-0.2, 0) is 23.2 Å². The lowest BCUT2D eigenvalue weighted by molar-refractivity contribution is -0.153. The first-order valence-electron chi connectivity index (χ1n) is 6.63. The highest BCUT2D eigenvalue weighted by molar-refractivity contribution is 5.77. The minimum absolute atomic E-state index is 0.582. The molecule has 2 aromatic rings. The Balaban J connectivity index is 1.79. The molecule has 2 aromatic heterocycles. The molecule has 7 nitrogen and oxygen atoms in total. The van der Waals surface area contributed by atoms with E-state index in [1.54, 1.807) is 6.20 Å². The molecular weight excluding hydrogens is 258 g/mol. The maximum atomic E-state index is 11.5. The Hall–Kier alpha value is -2.31. The number of aliphatic carboxylic acids is 1. The molecule has 1 N–H and O–H groups in total. The van der Waals surface area contributed by atoms with E-state index in [2.05, 4.69) is 20.5 Å². The Labute approximate surface area is 115 Å². The van der Waals surface area contributed by atoms with Crippen molar-refractivity contribution in [3.63, 3.8) is 0 Å². The van der Waals surface area contributed by atoms with E-state index < -0.39 is 11.5 Å². The summed E-state index contributed by atoms with van der Waals surface area (Å²) >= 11 is 0. The van der Waals surface area contributed by atoms with Crippen molar-refractivity contribution in [3.05, 3.63) is 35.9 Å². The molecular formula is C13H15N5O2. The van der Waals surface area contributed by atoms with Crippen LogP contribution in [0.25, 0.3) is 0 Å². The highest BCUT2D eigenvalue weighted by Gasteiger charge is 2.48. The molecule has 1 aliphatic rings. The molecule has 0 unspecified atom stereocenters. The fraction of sp³-hybridized carbons (Fsp3) is 0.462. The molecule has 1 aliphatic carbocycles. The fourth-order valence-electron chi connectivity index (χ4n) is 2.51. The second-order valence-corrected chi connectivity index (χ2v) is 5.02. The van der Waals surface area contributed by atoms with Gasteiger partial charge in [-0.05, 0) is 48.2 Å². The molecule has 0 amide bonds. The first-order valence-corrected chi connectivity index (χ1v) is 6.63. The smallest absolute Gasteiger partial charge is 0.331 e. The number of nitrogens with zero attached hydrogens (tertiary/aromatic N) is 5. The SMILES string of the molecule is O=C(O)C1(n2nnnc2CCc2ccccn2)CCC1. The van der Waals surface area contributed by atoms with E-state index in [-0.39, 0.29) is 0 Å². The van der Waals surface area contributed by atoms with Crippen LogP contribution < -0.4 is 0 Å². The van der Waals surface area contributed by atoms with E-state index in [1.165, 1.54) is 4.68 Å². The van der Waals surface area contributed by atoms with Crippen LogP contribution in [0.1, 0.15) is 30.8 Å². The third-order valence-electron chi connectivity index (χ3n) is 3.85. The van der Waals surface area contributed by atoms with Crippen molar-refractivity contribution in [2.45, 2.75) is 37.6 Å². The van der Waals surface area contributed by atoms with E-state index in [0.717, 1.165) is 12.1 Å². The first-order chi connectivity index (χ1) is 9.72. The van der Waals surface area contributed by atoms with Gasteiger partial charge in [0.2, 0.25) is 0 Å². The predicted octanol–water partition coefficient (Wildman–Crippen LogP) is 0.817. The number of aromatic nitrogens is 5. The summed E-state index contributed by atoms with van der Waals surface area (Å²) in [5.74, 6) is -0.243. The van der Waals surface area contributed by atoms with Crippen molar-refractivity contribution >= 4 is 5.97 Å². The van der Waals surface area contributed by atoms with Gasteiger partial charge in [-0.25, -0.2) is 9.48 Å². The van der Waals surface area contributed by atoms with Crippen LogP contribution in [0.5, 0.6) is 0 Å². The third-order valence-corrected chi connectivity index (χ3v) is 3.85. The number of tetrazole rings is 1. The van der Waals surface area contributed by atoms with Crippen LogP contribution in [-0.4, -0.2) is 36.3 Å². The molecule has 0 bridgehead atoms. The molecule has 0 aliphatic heterocycles. The van der Waals surface area contributed by atoms with Crippen LogP contribution in [0.3, 0.4) is 0 Å². The first kappa shape index (κ1) is 12.7. The number of carbonyl (C=O) groups is 1. The molecule has 0 saturated heterocycles. The largest absolute Gasteiger partial charge is 0.479 e. The van der Waals surface area contributed by atoms with E-state index in [9.17, 15) is 9.90 Å². The summed E-state index contributed by atoms with van der Waals surface area (Å²) in [7, 11) is 0. The quantitative estimate of drug-likeness (QED) is 0.866. The van der Waals surface area contributed by atoms with E-state index in [0.29, 0.717) is 31.5 Å². The Bertz CT molecular complexity index is 606.